The second-order valence-corrected chi connectivity index (χ2v) is 5.30. The molecule has 0 unspecified atom stereocenters. The highest BCUT2D eigenvalue weighted by Crippen LogP contribution is 2.24. The molecule has 4 N–H and O–H groups in total. The predicted molar refractivity (Wildman–Crippen MR) is 75.6 cm³/mol. The summed E-state index contributed by atoms with van der Waals surface area (Å²) in [5.74, 6) is 0. The molecule has 1 radical (unpaired) electrons. The number of rotatable bonds is 5. The minimum absolute atomic E-state index is 0.531. The highest BCUT2D eigenvalue weighted by molar-refractivity contribution is 6.49. The molecule has 0 aromatic heterocycles. The lowest BCUT2D eigenvalue weighted by atomic mass is 9.80. The minimum Gasteiger partial charge on any atom is -0.427 e. The summed E-state index contributed by atoms with van der Waals surface area (Å²) in [5, 5.41) is 17.3. The molecule has 0 amide bonds. The van der Waals surface area contributed by atoms with Crippen LogP contribution in [0.1, 0.15) is 33.3 Å². The van der Waals surface area contributed by atoms with E-state index < -0.39 is 11.2 Å². The normalized spacial score (nSPS) is 12.3. The van der Waals surface area contributed by atoms with Gasteiger partial charge in [-0.15, -0.1) is 0 Å². The van der Waals surface area contributed by atoms with E-state index in [1.807, 2.05) is 6.07 Å². The first kappa shape index (κ1) is 14.7. The molecule has 0 saturated heterocycles. The fourth-order valence-electron chi connectivity index (χ4n) is 1.23. The molecule has 0 aliphatic carbocycles. The van der Waals surface area contributed by atoms with Crippen molar-refractivity contribution in [1.82, 2.24) is 0 Å². The van der Waals surface area contributed by atoms with Crippen molar-refractivity contribution in [2.24, 2.45) is 0 Å². The van der Waals surface area contributed by atoms with E-state index in [9.17, 15) is 5.11 Å². The second kappa shape index (κ2) is 5.12. The molecule has 0 spiro atoms. The summed E-state index contributed by atoms with van der Waals surface area (Å²) in [5.41, 5.74) is 5.93. The van der Waals surface area contributed by atoms with Crippen molar-refractivity contribution in [3.8, 4) is 0 Å². The Morgan fingerprint density at radius 1 is 1.33 bits per heavy atom. The van der Waals surface area contributed by atoms with E-state index in [1.54, 1.807) is 39.8 Å². The van der Waals surface area contributed by atoms with Gasteiger partial charge in [-0.3, -0.25) is 0 Å². The van der Waals surface area contributed by atoms with Crippen molar-refractivity contribution < 1.29 is 9.76 Å². The third kappa shape index (κ3) is 3.12. The molecule has 5 heteroatoms. The zero-order chi connectivity index (χ0) is 14.0. The number of nitrogens with two attached hydrogens (primary N) is 1. The monoisotopic (exact) mass is 247 g/mol. The lowest BCUT2D eigenvalue weighted by molar-refractivity contribution is -0.0893. The van der Waals surface area contributed by atoms with E-state index in [2.05, 4.69) is 0 Å². The van der Waals surface area contributed by atoms with Gasteiger partial charge in [-0.1, -0.05) is 12.1 Å². The van der Waals surface area contributed by atoms with Crippen LogP contribution in [-0.2, 0) is 4.65 Å². The lowest BCUT2D eigenvalue weighted by Crippen LogP contribution is -2.49. The molecule has 0 atom stereocenters. The topological polar surface area (TPSA) is 79.3 Å². The van der Waals surface area contributed by atoms with Crippen LogP contribution in [0.3, 0.4) is 0 Å². The van der Waals surface area contributed by atoms with Crippen LogP contribution in [-0.4, -0.2) is 30.0 Å². The second-order valence-electron chi connectivity index (χ2n) is 5.30. The van der Waals surface area contributed by atoms with Crippen LogP contribution in [0.2, 0.25) is 0 Å². The van der Waals surface area contributed by atoms with Gasteiger partial charge < -0.3 is 20.9 Å². The van der Waals surface area contributed by atoms with Crippen LogP contribution >= 0.6 is 0 Å². The Labute approximate surface area is 109 Å². The van der Waals surface area contributed by atoms with Crippen LogP contribution in [0.25, 0.3) is 0 Å². The number of aliphatic hydroxyl groups is 1. The Kier molecular flexibility index (Phi) is 4.19. The summed E-state index contributed by atoms with van der Waals surface area (Å²) in [6.07, 6.45) is 1.20. The molecule has 0 bridgehead atoms. The van der Waals surface area contributed by atoms with Gasteiger partial charge in [0.2, 0.25) is 0 Å². The van der Waals surface area contributed by atoms with Gasteiger partial charge in [0.05, 0.1) is 11.2 Å². The molecular weight excluding hydrogens is 227 g/mol. The zero-order valence-corrected chi connectivity index (χ0v) is 11.3. The van der Waals surface area contributed by atoms with Gasteiger partial charge in [0.1, 0.15) is 0 Å². The van der Waals surface area contributed by atoms with E-state index in [0.717, 1.165) is 5.46 Å². The van der Waals surface area contributed by atoms with Gasteiger partial charge >= 0.3 is 7.48 Å². The van der Waals surface area contributed by atoms with Crippen LogP contribution in [0.15, 0.2) is 18.2 Å². The van der Waals surface area contributed by atoms with E-state index in [4.69, 9.17) is 15.8 Å². The number of nitrogen functional groups attached to an aromatic ring is 1. The fourth-order valence-corrected chi connectivity index (χ4v) is 1.23. The van der Waals surface area contributed by atoms with Crippen LogP contribution in [0.5, 0.6) is 0 Å². The Hall–Kier alpha value is -1.33. The summed E-state index contributed by atoms with van der Waals surface area (Å²) in [7, 11) is 1.54. The molecule has 0 aliphatic heterocycles. The average molecular weight is 247 g/mol. The SMILES string of the molecule is CC(C)(O)C(C)(C)O[B]c1cccc(N)c1C=N. The van der Waals surface area contributed by atoms with Gasteiger partial charge in [-0.2, -0.15) is 0 Å². The van der Waals surface area contributed by atoms with Gasteiger partial charge in [-0.05, 0) is 39.2 Å². The van der Waals surface area contributed by atoms with Crippen molar-refractivity contribution in [1.29, 1.82) is 5.41 Å². The molecule has 4 nitrogen and oxygen atoms in total. The molecule has 1 aromatic carbocycles. The lowest BCUT2D eigenvalue weighted by Gasteiger charge is -2.37. The number of hydrogen-bond donors (Lipinski definition) is 3. The molecule has 97 valence electrons. The molecule has 1 rings (SSSR count). The summed E-state index contributed by atoms with van der Waals surface area (Å²) >= 11 is 0. The van der Waals surface area contributed by atoms with Gasteiger partial charge in [0, 0.05) is 17.5 Å². The van der Waals surface area contributed by atoms with Crippen LogP contribution < -0.4 is 11.2 Å². The Balaban J connectivity index is 2.88. The van der Waals surface area contributed by atoms with Gasteiger partial charge in [-0.25, -0.2) is 0 Å². The van der Waals surface area contributed by atoms with Crippen molar-refractivity contribution in [3.05, 3.63) is 23.8 Å². The Morgan fingerprint density at radius 2 is 1.94 bits per heavy atom. The predicted octanol–water partition coefficient (Wildman–Crippen LogP) is 1.08. The van der Waals surface area contributed by atoms with Crippen molar-refractivity contribution in [2.75, 3.05) is 5.73 Å². The molecule has 0 fully saturated rings. The van der Waals surface area contributed by atoms with E-state index in [0.29, 0.717) is 11.3 Å². The minimum atomic E-state index is -0.978. The summed E-state index contributed by atoms with van der Waals surface area (Å²) in [6.45, 7) is 7.00. The first-order valence-electron chi connectivity index (χ1n) is 5.81. The fraction of sp³-hybridized carbons (Fsp3) is 0.462. The average Bonchev–Trinajstić information content (AvgIpc) is 2.25. The van der Waals surface area contributed by atoms with Crippen molar-refractivity contribution in [3.63, 3.8) is 0 Å². The number of anilines is 1. The molecule has 0 heterocycles. The standard InChI is InChI=1S/C13H20BN2O2/c1-12(2,17)13(3,4)18-14-10-6-5-7-11(16)9(10)8-15/h5-8,15,17H,16H2,1-4H3. The molecule has 0 saturated carbocycles. The van der Waals surface area contributed by atoms with E-state index >= 15 is 0 Å². The Bertz CT molecular complexity index is 439. The van der Waals surface area contributed by atoms with Crippen molar-refractivity contribution in [2.45, 2.75) is 38.9 Å². The van der Waals surface area contributed by atoms with E-state index in [-0.39, 0.29) is 0 Å². The maximum Gasteiger partial charge on any atom is 0.331 e. The largest absolute Gasteiger partial charge is 0.427 e. The first-order chi connectivity index (χ1) is 8.19. The molecule has 0 aliphatic rings. The summed E-state index contributed by atoms with van der Waals surface area (Å²) < 4.78 is 5.64. The Morgan fingerprint density at radius 3 is 2.44 bits per heavy atom. The summed E-state index contributed by atoms with van der Waals surface area (Å²) in [6, 6.07) is 5.35. The van der Waals surface area contributed by atoms with Gasteiger partial charge in [0.15, 0.2) is 0 Å². The molecular formula is C13H20BN2O2. The first-order valence-corrected chi connectivity index (χ1v) is 5.81. The van der Waals surface area contributed by atoms with Crippen molar-refractivity contribution >= 4 is 24.8 Å². The maximum atomic E-state index is 9.99. The zero-order valence-electron chi connectivity index (χ0n) is 11.3. The number of nitrogens with one attached hydrogen (secondary N) is 1. The number of benzene rings is 1. The summed E-state index contributed by atoms with van der Waals surface area (Å²) in [4.78, 5) is 0. The smallest absolute Gasteiger partial charge is 0.331 e. The molecule has 18 heavy (non-hydrogen) atoms. The van der Waals surface area contributed by atoms with Crippen LogP contribution in [0, 0.1) is 5.41 Å². The third-order valence-electron chi connectivity index (χ3n) is 3.27. The van der Waals surface area contributed by atoms with Gasteiger partial charge in [0.25, 0.3) is 0 Å². The quantitative estimate of drug-likeness (QED) is 0.413. The molecule has 1 aromatic rings. The third-order valence-corrected chi connectivity index (χ3v) is 3.27. The highest BCUT2D eigenvalue weighted by Gasteiger charge is 2.35. The number of hydrogen-bond acceptors (Lipinski definition) is 4. The highest BCUT2D eigenvalue weighted by atomic mass is 16.5. The maximum absolute atomic E-state index is 9.99. The van der Waals surface area contributed by atoms with E-state index in [1.165, 1.54) is 13.7 Å². The van der Waals surface area contributed by atoms with Crippen LogP contribution in [0.4, 0.5) is 5.69 Å².